The van der Waals surface area contributed by atoms with Crippen LogP contribution in [0.1, 0.15) is 18.9 Å². The number of benzene rings is 1. The third kappa shape index (κ3) is 3.69. The first-order valence-electron chi connectivity index (χ1n) is 6.28. The van der Waals surface area contributed by atoms with Crippen LogP contribution in [0.5, 0.6) is 0 Å². The maximum absolute atomic E-state index is 13.5. The topological polar surface area (TPSA) is 63.4 Å². The summed E-state index contributed by atoms with van der Waals surface area (Å²) in [6.45, 7) is 3.31. The van der Waals surface area contributed by atoms with Gasteiger partial charge in [0, 0.05) is 18.7 Å². The number of rotatable bonds is 4. The highest BCUT2D eigenvalue weighted by Gasteiger charge is 2.38. The van der Waals surface area contributed by atoms with Crippen LogP contribution < -0.4 is 5.73 Å². The molecule has 1 aliphatic heterocycles. The predicted octanol–water partition coefficient (Wildman–Crippen LogP) is 1.75. The van der Waals surface area contributed by atoms with Crippen molar-refractivity contribution >= 4 is 22.4 Å². The number of hydrogen-bond donors (Lipinski definition) is 1. The maximum Gasteiger partial charge on any atom is 0.218 e. The SMILES string of the molecule is CC1(CN)CCN(S(=O)(=O)Cc2ccccc2F)C1.Cl. The van der Waals surface area contributed by atoms with Gasteiger partial charge in [0.2, 0.25) is 10.0 Å². The smallest absolute Gasteiger partial charge is 0.218 e. The molecule has 0 amide bonds. The van der Waals surface area contributed by atoms with Crippen LogP contribution in [0.4, 0.5) is 4.39 Å². The highest BCUT2D eigenvalue weighted by Crippen LogP contribution is 2.31. The van der Waals surface area contributed by atoms with E-state index >= 15 is 0 Å². The van der Waals surface area contributed by atoms with E-state index in [4.69, 9.17) is 5.73 Å². The Kier molecular flexibility index (Phi) is 5.54. The van der Waals surface area contributed by atoms with E-state index in [2.05, 4.69) is 0 Å². The molecule has 2 rings (SSSR count). The molecule has 7 heteroatoms. The van der Waals surface area contributed by atoms with E-state index in [9.17, 15) is 12.8 Å². The second kappa shape index (κ2) is 6.39. The van der Waals surface area contributed by atoms with Gasteiger partial charge in [0.15, 0.2) is 0 Å². The van der Waals surface area contributed by atoms with Crippen molar-refractivity contribution in [3.63, 3.8) is 0 Å². The molecular formula is C13H20ClFN2O2S. The maximum atomic E-state index is 13.5. The van der Waals surface area contributed by atoms with Crippen molar-refractivity contribution in [3.8, 4) is 0 Å². The largest absolute Gasteiger partial charge is 0.330 e. The molecule has 20 heavy (non-hydrogen) atoms. The Morgan fingerprint density at radius 2 is 2.05 bits per heavy atom. The zero-order valence-corrected chi connectivity index (χ0v) is 13.0. The van der Waals surface area contributed by atoms with E-state index < -0.39 is 15.8 Å². The fourth-order valence-corrected chi connectivity index (χ4v) is 3.97. The molecule has 1 aromatic rings. The number of nitrogens with zero attached hydrogens (tertiary/aromatic N) is 1. The van der Waals surface area contributed by atoms with Crippen molar-refractivity contribution < 1.29 is 12.8 Å². The van der Waals surface area contributed by atoms with Crippen LogP contribution >= 0.6 is 12.4 Å². The average Bonchev–Trinajstić information content (AvgIpc) is 2.76. The van der Waals surface area contributed by atoms with Gasteiger partial charge in [-0.3, -0.25) is 0 Å². The summed E-state index contributed by atoms with van der Waals surface area (Å²) in [4.78, 5) is 0. The molecular weight excluding hydrogens is 303 g/mol. The van der Waals surface area contributed by atoms with Crippen LogP contribution in [0.2, 0.25) is 0 Å². The monoisotopic (exact) mass is 322 g/mol. The Bertz CT molecular complexity index is 567. The summed E-state index contributed by atoms with van der Waals surface area (Å²) in [7, 11) is -3.48. The Hall–Kier alpha value is -0.690. The quantitative estimate of drug-likeness (QED) is 0.918. The summed E-state index contributed by atoms with van der Waals surface area (Å²) >= 11 is 0. The molecule has 114 valence electrons. The normalized spacial score (nSPS) is 23.6. The van der Waals surface area contributed by atoms with Gasteiger partial charge in [-0.2, -0.15) is 0 Å². The number of hydrogen-bond acceptors (Lipinski definition) is 3. The van der Waals surface area contributed by atoms with Gasteiger partial charge in [-0.1, -0.05) is 25.1 Å². The van der Waals surface area contributed by atoms with Gasteiger partial charge >= 0.3 is 0 Å². The van der Waals surface area contributed by atoms with Crippen LogP contribution in [0.3, 0.4) is 0 Å². The number of sulfonamides is 1. The van der Waals surface area contributed by atoms with Crippen LogP contribution in [0, 0.1) is 11.2 Å². The molecule has 0 aromatic heterocycles. The molecule has 4 nitrogen and oxygen atoms in total. The molecule has 2 N–H and O–H groups in total. The van der Waals surface area contributed by atoms with E-state index in [0.717, 1.165) is 6.42 Å². The third-order valence-corrected chi connectivity index (χ3v) is 5.48. The van der Waals surface area contributed by atoms with E-state index in [1.165, 1.54) is 16.4 Å². The molecule has 0 saturated carbocycles. The Morgan fingerprint density at radius 1 is 1.40 bits per heavy atom. The summed E-state index contributed by atoms with van der Waals surface area (Å²) in [5.41, 5.74) is 5.72. The standard InChI is InChI=1S/C13H19FN2O2S.ClH/c1-13(9-15)6-7-16(10-13)19(17,18)8-11-4-2-3-5-12(11)14;/h2-5H,6-10,15H2,1H3;1H. The molecule has 0 radical (unpaired) electrons. The first-order valence-corrected chi connectivity index (χ1v) is 7.88. The predicted molar refractivity (Wildman–Crippen MR) is 79.6 cm³/mol. The van der Waals surface area contributed by atoms with Gasteiger partial charge in [0.25, 0.3) is 0 Å². The molecule has 1 saturated heterocycles. The van der Waals surface area contributed by atoms with Crippen molar-refractivity contribution in [3.05, 3.63) is 35.6 Å². The molecule has 0 bridgehead atoms. The van der Waals surface area contributed by atoms with Crippen LogP contribution in [0.15, 0.2) is 24.3 Å². The van der Waals surface area contributed by atoms with Crippen molar-refractivity contribution in [2.45, 2.75) is 19.1 Å². The fourth-order valence-electron chi connectivity index (χ4n) is 2.29. The lowest BCUT2D eigenvalue weighted by Gasteiger charge is -2.22. The Morgan fingerprint density at radius 3 is 2.60 bits per heavy atom. The van der Waals surface area contributed by atoms with Gasteiger partial charge in [-0.15, -0.1) is 12.4 Å². The first-order chi connectivity index (χ1) is 8.86. The lowest BCUT2D eigenvalue weighted by molar-refractivity contribution is 0.349. The van der Waals surface area contributed by atoms with Crippen molar-refractivity contribution in [1.29, 1.82) is 0 Å². The summed E-state index contributed by atoms with van der Waals surface area (Å²) in [5, 5.41) is 0. The molecule has 0 aliphatic carbocycles. The van der Waals surface area contributed by atoms with Gasteiger partial charge in [-0.25, -0.2) is 17.1 Å². The summed E-state index contributed by atoms with van der Waals surface area (Å²) in [6.07, 6.45) is 0.750. The second-order valence-electron chi connectivity index (χ2n) is 5.45. The Balaban J connectivity index is 0.00000200. The van der Waals surface area contributed by atoms with Crippen LogP contribution in [-0.4, -0.2) is 32.4 Å². The molecule has 0 spiro atoms. The lowest BCUT2D eigenvalue weighted by Crippen LogP contribution is -2.35. The number of halogens is 2. The van der Waals surface area contributed by atoms with E-state index in [0.29, 0.717) is 19.6 Å². The zero-order chi connectivity index (χ0) is 14.1. The highest BCUT2D eigenvalue weighted by molar-refractivity contribution is 7.88. The fraction of sp³-hybridized carbons (Fsp3) is 0.538. The average molecular weight is 323 g/mol. The van der Waals surface area contributed by atoms with Crippen molar-refractivity contribution in [1.82, 2.24) is 4.31 Å². The summed E-state index contributed by atoms with van der Waals surface area (Å²) < 4.78 is 39.5. The lowest BCUT2D eigenvalue weighted by atomic mass is 9.90. The van der Waals surface area contributed by atoms with Crippen molar-refractivity contribution in [2.24, 2.45) is 11.1 Å². The molecule has 1 heterocycles. The first kappa shape index (κ1) is 17.4. The summed E-state index contributed by atoms with van der Waals surface area (Å²) in [6, 6.07) is 5.97. The molecule has 1 atom stereocenters. The second-order valence-corrected chi connectivity index (χ2v) is 7.41. The van der Waals surface area contributed by atoms with E-state index in [-0.39, 0.29) is 29.1 Å². The van der Waals surface area contributed by atoms with Gasteiger partial charge in [0.1, 0.15) is 5.82 Å². The van der Waals surface area contributed by atoms with Crippen molar-refractivity contribution in [2.75, 3.05) is 19.6 Å². The minimum Gasteiger partial charge on any atom is -0.330 e. The van der Waals surface area contributed by atoms with Crippen LogP contribution in [-0.2, 0) is 15.8 Å². The zero-order valence-electron chi connectivity index (χ0n) is 11.4. The minimum atomic E-state index is -3.48. The third-order valence-electron chi connectivity index (χ3n) is 3.70. The van der Waals surface area contributed by atoms with Gasteiger partial charge in [-0.05, 0) is 24.4 Å². The molecule has 1 fully saturated rings. The molecule has 1 aliphatic rings. The Labute approximate surface area is 125 Å². The van der Waals surface area contributed by atoms with E-state index in [1.807, 2.05) is 6.92 Å². The van der Waals surface area contributed by atoms with Gasteiger partial charge < -0.3 is 5.73 Å². The summed E-state index contributed by atoms with van der Waals surface area (Å²) in [5.74, 6) is -0.771. The highest BCUT2D eigenvalue weighted by atomic mass is 35.5. The molecule has 1 unspecified atom stereocenters. The number of nitrogens with two attached hydrogens (primary N) is 1. The minimum absolute atomic E-state index is 0. The van der Waals surface area contributed by atoms with Crippen LogP contribution in [0.25, 0.3) is 0 Å². The van der Waals surface area contributed by atoms with E-state index in [1.54, 1.807) is 12.1 Å². The molecule has 1 aromatic carbocycles. The van der Waals surface area contributed by atoms with Gasteiger partial charge in [0.05, 0.1) is 5.75 Å².